The predicted molar refractivity (Wildman–Crippen MR) is 176 cm³/mol. The first-order valence-electron chi connectivity index (χ1n) is 15.5. The maximum atomic E-state index is 15.9. The molecule has 0 radical (unpaired) electrons. The second-order valence-electron chi connectivity index (χ2n) is 12.2. The molecule has 3 fully saturated rings. The SMILES string of the molecule is C=CC(=O)N1CCN(c2nc(OC[C@@]34CCCN3C[C@H](F)C4)nc(=C)/c2=C\C=C(/F)c2cccc3ccc(F)c(Cl)c23)C[C@@H]1CC#N. The zero-order chi connectivity index (χ0) is 33.3. The van der Waals surface area contributed by atoms with E-state index in [9.17, 15) is 18.8 Å². The lowest BCUT2D eigenvalue weighted by Crippen LogP contribution is -2.56. The largest absolute Gasteiger partial charge is 0.461 e. The molecular formula is C35H34ClF3N6O2. The van der Waals surface area contributed by atoms with E-state index >= 15 is 4.39 Å². The average molecular weight is 663 g/mol. The van der Waals surface area contributed by atoms with Gasteiger partial charge in [0.2, 0.25) is 5.91 Å². The molecule has 47 heavy (non-hydrogen) atoms. The number of anilines is 1. The quantitative estimate of drug-likeness (QED) is 0.324. The third kappa shape index (κ3) is 6.32. The van der Waals surface area contributed by atoms with Crippen LogP contribution in [0.5, 0.6) is 6.01 Å². The Kier molecular flexibility index (Phi) is 9.26. The van der Waals surface area contributed by atoms with Crippen molar-refractivity contribution in [2.45, 2.75) is 43.4 Å². The van der Waals surface area contributed by atoms with Gasteiger partial charge in [-0.15, -0.1) is 0 Å². The Hall–Kier alpha value is -4.40. The summed E-state index contributed by atoms with van der Waals surface area (Å²) in [5.41, 5.74) is -0.306. The molecule has 244 valence electrons. The van der Waals surface area contributed by atoms with Crippen molar-refractivity contribution >= 4 is 52.6 Å². The molecule has 12 heteroatoms. The van der Waals surface area contributed by atoms with Crippen LogP contribution < -0.4 is 20.2 Å². The van der Waals surface area contributed by atoms with Crippen LogP contribution >= 0.6 is 11.6 Å². The second kappa shape index (κ2) is 13.4. The number of halogens is 4. The van der Waals surface area contributed by atoms with Crippen molar-refractivity contribution in [1.82, 2.24) is 19.8 Å². The van der Waals surface area contributed by atoms with Crippen LogP contribution in [0.2, 0.25) is 5.02 Å². The highest BCUT2D eigenvalue weighted by atomic mass is 35.5. The molecule has 3 aromatic rings. The monoisotopic (exact) mass is 662 g/mol. The average Bonchev–Trinajstić information content (AvgIpc) is 3.59. The van der Waals surface area contributed by atoms with Crippen LogP contribution in [0.15, 0.2) is 49.1 Å². The van der Waals surface area contributed by atoms with E-state index in [4.69, 9.17) is 21.3 Å². The summed E-state index contributed by atoms with van der Waals surface area (Å²) in [5, 5.41) is 10.8. The lowest BCUT2D eigenvalue weighted by atomic mass is 9.95. The minimum atomic E-state index is -0.919. The molecular weight excluding hydrogens is 629 g/mol. The number of alkyl halides is 1. The number of nitrogens with zero attached hydrogens (tertiary/aromatic N) is 6. The molecule has 0 saturated carbocycles. The zero-order valence-corrected chi connectivity index (χ0v) is 26.5. The van der Waals surface area contributed by atoms with Gasteiger partial charge in [0.25, 0.3) is 0 Å². The smallest absolute Gasteiger partial charge is 0.318 e. The molecule has 6 rings (SSSR count). The number of hydrogen-bond donors (Lipinski definition) is 0. The molecule has 0 bridgehead atoms. The Morgan fingerprint density at radius 1 is 1.21 bits per heavy atom. The maximum absolute atomic E-state index is 15.9. The van der Waals surface area contributed by atoms with E-state index in [0.29, 0.717) is 42.5 Å². The van der Waals surface area contributed by atoms with E-state index < -0.39 is 29.4 Å². The molecule has 3 aliphatic rings. The summed E-state index contributed by atoms with van der Waals surface area (Å²) in [6.45, 7) is 10.0. The van der Waals surface area contributed by atoms with Crippen molar-refractivity contribution in [3.05, 3.63) is 76.0 Å². The molecule has 2 aromatic carbocycles. The summed E-state index contributed by atoms with van der Waals surface area (Å²) in [6.07, 6.45) is 5.25. The van der Waals surface area contributed by atoms with E-state index in [1.54, 1.807) is 17.0 Å². The first kappa shape index (κ1) is 32.5. The normalized spacial score (nSPS) is 23.6. The molecule has 1 amide bonds. The molecule has 0 spiro atoms. The van der Waals surface area contributed by atoms with Crippen molar-refractivity contribution in [2.75, 3.05) is 44.2 Å². The fourth-order valence-electron chi connectivity index (χ4n) is 7.09. The number of carbonyl (C=O) groups is 1. The highest BCUT2D eigenvalue weighted by molar-refractivity contribution is 6.36. The van der Waals surface area contributed by atoms with Crippen LogP contribution in [0.3, 0.4) is 0 Å². The van der Waals surface area contributed by atoms with Gasteiger partial charge in [-0.25, -0.2) is 13.2 Å². The van der Waals surface area contributed by atoms with Crippen LogP contribution in [0.25, 0.3) is 29.3 Å². The number of piperazine rings is 1. The first-order chi connectivity index (χ1) is 22.6. The van der Waals surface area contributed by atoms with Gasteiger partial charge in [0.1, 0.15) is 30.2 Å². The van der Waals surface area contributed by atoms with Crippen LogP contribution in [0.4, 0.5) is 19.0 Å². The molecule has 4 heterocycles. The number of carbonyl (C=O) groups excluding carboxylic acids is 1. The van der Waals surface area contributed by atoms with Crippen LogP contribution in [0.1, 0.15) is 31.2 Å². The van der Waals surface area contributed by atoms with Crippen molar-refractivity contribution < 1.29 is 22.7 Å². The van der Waals surface area contributed by atoms with Crippen molar-refractivity contribution in [2.24, 2.45) is 0 Å². The van der Waals surface area contributed by atoms with E-state index in [-0.39, 0.29) is 52.8 Å². The summed E-state index contributed by atoms with van der Waals surface area (Å²) in [7, 11) is 0. The van der Waals surface area contributed by atoms with Crippen molar-refractivity contribution in [3.63, 3.8) is 0 Å². The Morgan fingerprint density at radius 2 is 2.04 bits per heavy atom. The van der Waals surface area contributed by atoms with Gasteiger partial charge in [-0.2, -0.15) is 15.2 Å². The fourth-order valence-corrected chi connectivity index (χ4v) is 7.37. The number of allylic oxidation sites excluding steroid dienone is 1. The number of amides is 1. The standard InChI is InChI=1S/C35H34ClF3N6O2/c1-3-30(46)45-17-16-43(20-25(45)12-14-40)33-26(9-11-28(38)27-7-4-6-23-8-10-29(39)32(36)31(23)27)22(2)41-34(42-33)47-21-35-13-5-15-44(35)19-24(37)18-35/h3-4,6-11,24-25H,1-2,5,12-13,15-21H2/b26-9+,28-11-/t24-,25+,35+/m1/s1. The van der Waals surface area contributed by atoms with Gasteiger partial charge in [0.05, 0.1) is 34.4 Å². The predicted octanol–water partition coefficient (Wildman–Crippen LogP) is 4.70. The van der Waals surface area contributed by atoms with Gasteiger partial charge >= 0.3 is 6.01 Å². The molecule has 0 unspecified atom stereocenters. The summed E-state index contributed by atoms with van der Waals surface area (Å²) in [6, 6.07) is 9.41. The minimum absolute atomic E-state index is 0.0490. The fraction of sp³-hybridized carbons (Fsp3) is 0.371. The minimum Gasteiger partial charge on any atom is -0.461 e. The lowest BCUT2D eigenvalue weighted by molar-refractivity contribution is -0.128. The van der Waals surface area contributed by atoms with Crippen LogP contribution in [-0.4, -0.2) is 82.8 Å². The highest BCUT2D eigenvalue weighted by Crippen LogP contribution is 2.40. The topological polar surface area (TPSA) is 85.6 Å². The number of nitriles is 1. The Morgan fingerprint density at radius 3 is 2.83 bits per heavy atom. The summed E-state index contributed by atoms with van der Waals surface area (Å²) in [5.74, 6) is -1.22. The van der Waals surface area contributed by atoms with E-state index in [1.165, 1.54) is 36.4 Å². The molecule has 0 aliphatic carbocycles. The number of fused-ring (bicyclic) bond motifs is 2. The summed E-state index contributed by atoms with van der Waals surface area (Å²) >= 11 is 6.25. The Labute approximate surface area is 275 Å². The lowest BCUT2D eigenvalue weighted by Gasteiger charge is -2.41. The highest BCUT2D eigenvalue weighted by Gasteiger charge is 2.49. The molecule has 3 atom stereocenters. The number of rotatable bonds is 8. The number of hydrogen-bond acceptors (Lipinski definition) is 7. The van der Waals surface area contributed by atoms with E-state index in [1.807, 2.05) is 4.90 Å². The molecule has 1 aromatic heterocycles. The Bertz CT molecular complexity index is 1920. The molecule has 8 nitrogen and oxygen atoms in total. The van der Waals surface area contributed by atoms with Gasteiger partial charge in [0, 0.05) is 48.8 Å². The van der Waals surface area contributed by atoms with Crippen LogP contribution in [0, 0.1) is 17.1 Å². The second-order valence-corrected chi connectivity index (χ2v) is 12.6. The molecule has 3 saturated heterocycles. The van der Waals surface area contributed by atoms with Gasteiger partial charge in [0.15, 0.2) is 0 Å². The third-order valence-electron chi connectivity index (χ3n) is 9.37. The number of ether oxygens (including phenoxy) is 1. The summed E-state index contributed by atoms with van der Waals surface area (Å²) in [4.78, 5) is 27.4. The maximum Gasteiger partial charge on any atom is 0.318 e. The van der Waals surface area contributed by atoms with Crippen LogP contribution in [-0.2, 0) is 4.79 Å². The van der Waals surface area contributed by atoms with Gasteiger partial charge in [-0.1, -0.05) is 49.0 Å². The van der Waals surface area contributed by atoms with E-state index in [0.717, 1.165) is 19.4 Å². The molecule has 3 aliphatic heterocycles. The third-order valence-corrected chi connectivity index (χ3v) is 9.74. The first-order valence-corrected chi connectivity index (χ1v) is 15.9. The van der Waals surface area contributed by atoms with Gasteiger partial charge < -0.3 is 14.5 Å². The van der Waals surface area contributed by atoms with Crippen molar-refractivity contribution in [1.29, 1.82) is 5.26 Å². The Balaban J connectivity index is 1.40. The molecule has 0 N–H and O–H groups in total. The zero-order valence-electron chi connectivity index (χ0n) is 25.8. The number of benzene rings is 2. The summed E-state index contributed by atoms with van der Waals surface area (Å²) < 4.78 is 50.7. The van der Waals surface area contributed by atoms with E-state index in [2.05, 4.69) is 29.1 Å². The van der Waals surface area contributed by atoms with Crippen molar-refractivity contribution in [3.8, 4) is 12.1 Å². The number of aromatic nitrogens is 2. The van der Waals surface area contributed by atoms with Gasteiger partial charge in [-0.3, -0.25) is 9.69 Å². The van der Waals surface area contributed by atoms with Gasteiger partial charge in [-0.05, 0) is 49.1 Å².